The van der Waals surface area contributed by atoms with E-state index >= 15 is 0 Å². The van der Waals surface area contributed by atoms with E-state index in [9.17, 15) is 0 Å². The highest BCUT2D eigenvalue weighted by Crippen LogP contribution is 2.16. The molecule has 0 amide bonds. The monoisotopic (exact) mass is 175 g/mol. The molecule has 0 saturated carbocycles. The highest BCUT2D eigenvalue weighted by Gasteiger charge is 1.97. The Morgan fingerprint density at radius 2 is 2.23 bits per heavy atom. The minimum Gasteiger partial charge on any atom is -0.464 e. The quantitative estimate of drug-likeness (QED) is 0.775. The zero-order valence-electron chi connectivity index (χ0n) is 7.71. The summed E-state index contributed by atoms with van der Waals surface area (Å²) in [6.45, 7) is 4.04. The van der Waals surface area contributed by atoms with E-state index in [-0.39, 0.29) is 0 Å². The number of rotatable bonds is 3. The van der Waals surface area contributed by atoms with Crippen LogP contribution in [0.5, 0.6) is 0 Å². The summed E-state index contributed by atoms with van der Waals surface area (Å²) in [6.07, 6.45) is 1.72. The van der Waals surface area contributed by atoms with E-state index in [0.717, 1.165) is 18.7 Å². The predicted octanol–water partition coefficient (Wildman–Crippen LogP) is 2.54. The summed E-state index contributed by atoms with van der Waals surface area (Å²) < 4.78 is 5.26. The summed E-state index contributed by atoms with van der Waals surface area (Å²) in [5, 5.41) is 4.47. The van der Waals surface area contributed by atoms with Crippen molar-refractivity contribution in [2.75, 3.05) is 6.54 Å². The summed E-state index contributed by atoms with van der Waals surface area (Å²) in [6, 6.07) is 8.25. The Morgan fingerprint density at radius 3 is 3.08 bits per heavy atom. The lowest BCUT2D eigenvalue weighted by Gasteiger charge is -2.00. The molecule has 2 aromatic rings. The van der Waals surface area contributed by atoms with E-state index < -0.39 is 0 Å². The van der Waals surface area contributed by atoms with Gasteiger partial charge in [0.2, 0.25) is 0 Å². The van der Waals surface area contributed by atoms with Gasteiger partial charge in [-0.3, -0.25) is 0 Å². The van der Waals surface area contributed by atoms with Crippen LogP contribution in [0.3, 0.4) is 0 Å². The fraction of sp³-hybridized carbons (Fsp3) is 0.273. The van der Waals surface area contributed by atoms with Crippen molar-refractivity contribution in [1.29, 1.82) is 0 Å². The second-order valence-corrected chi connectivity index (χ2v) is 3.07. The van der Waals surface area contributed by atoms with Crippen molar-refractivity contribution in [1.82, 2.24) is 5.32 Å². The van der Waals surface area contributed by atoms with Crippen LogP contribution in [0.2, 0.25) is 0 Å². The van der Waals surface area contributed by atoms with Crippen LogP contribution in [-0.2, 0) is 6.54 Å². The zero-order chi connectivity index (χ0) is 9.10. The van der Waals surface area contributed by atoms with Gasteiger partial charge in [0.25, 0.3) is 0 Å². The van der Waals surface area contributed by atoms with Gasteiger partial charge in [-0.1, -0.05) is 13.0 Å². The Hall–Kier alpha value is -1.28. The summed E-state index contributed by atoms with van der Waals surface area (Å²) in [4.78, 5) is 0. The topological polar surface area (TPSA) is 25.2 Å². The maximum Gasteiger partial charge on any atom is 0.133 e. The van der Waals surface area contributed by atoms with Gasteiger partial charge in [0.05, 0.1) is 6.26 Å². The smallest absolute Gasteiger partial charge is 0.133 e. The summed E-state index contributed by atoms with van der Waals surface area (Å²) in [7, 11) is 0. The highest BCUT2D eigenvalue weighted by molar-refractivity contribution is 5.77. The average molecular weight is 175 g/mol. The fourth-order valence-electron chi connectivity index (χ4n) is 1.40. The summed E-state index contributed by atoms with van der Waals surface area (Å²) >= 11 is 0. The van der Waals surface area contributed by atoms with Gasteiger partial charge < -0.3 is 9.73 Å². The first-order valence-corrected chi connectivity index (χ1v) is 4.57. The number of hydrogen-bond donors (Lipinski definition) is 1. The molecule has 0 fully saturated rings. The van der Waals surface area contributed by atoms with E-state index in [2.05, 4.69) is 24.4 Å². The molecular weight excluding hydrogens is 162 g/mol. The Bertz CT molecular complexity index is 392. The molecule has 0 radical (unpaired) electrons. The molecule has 2 heteroatoms. The molecular formula is C11H13NO. The third-order valence-electron chi connectivity index (χ3n) is 2.10. The Kier molecular flexibility index (Phi) is 2.32. The van der Waals surface area contributed by atoms with Crippen LogP contribution in [0.4, 0.5) is 0 Å². The van der Waals surface area contributed by atoms with Crippen LogP contribution in [-0.4, -0.2) is 6.54 Å². The molecule has 1 heterocycles. The largest absolute Gasteiger partial charge is 0.464 e. The van der Waals surface area contributed by atoms with Crippen molar-refractivity contribution in [2.45, 2.75) is 13.5 Å². The van der Waals surface area contributed by atoms with Crippen LogP contribution in [0.1, 0.15) is 12.5 Å². The average Bonchev–Trinajstić information content (AvgIpc) is 2.61. The maximum absolute atomic E-state index is 5.26. The van der Waals surface area contributed by atoms with Gasteiger partial charge in [-0.05, 0) is 30.3 Å². The van der Waals surface area contributed by atoms with Crippen LogP contribution in [0.15, 0.2) is 34.9 Å². The third kappa shape index (κ3) is 1.73. The van der Waals surface area contributed by atoms with Gasteiger partial charge >= 0.3 is 0 Å². The summed E-state index contributed by atoms with van der Waals surface area (Å²) in [5.41, 5.74) is 2.26. The second kappa shape index (κ2) is 3.62. The number of nitrogens with one attached hydrogen (secondary N) is 1. The second-order valence-electron chi connectivity index (χ2n) is 3.07. The molecule has 0 unspecified atom stereocenters. The summed E-state index contributed by atoms with van der Waals surface area (Å²) in [5.74, 6) is 0. The van der Waals surface area contributed by atoms with Crippen LogP contribution < -0.4 is 5.32 Å². The van der Waals surface area contributed by atoms with Gasteiger partial charge in [0.15, 0.2) is 0 Å². The number of benzene rings is 1. The fourth-order valence-corrected chi connectivity index (χ4v) is 1.40. The minimum absolute atomic E-state index is 0.928. The maximum atomic E-state index is 5.26. The van der Waals surface area contributed by atoms with E-state index in [1.807, 2.05) is 12.1 Å². The van der Waals surface area contributed by atoms with Gasteiger partial charge in [-0.15, -0.1) is 0 Å². The number of furan rings is 1. The number of hydrogen-bond acceptors (Lipinski definition) is 2. The number of fused-ring (bicyclic) bond motifs is 1. The van der Waals surface area contributed by atoms with Crippen LogP contribution in [0, 0.1) is 0 Å². The first-order valence-electron chi connectivity index (χ1n) is 4.57. The molecule has 0 spiro atoms. The normalized spacial score (nSPS) is 10.8. The molecule has 2 rings (SSSR count). The Morgan fingerprint density at radius 1 is 1.31 bits per heavy atom. The molecule has 0 bridgehead atoms. The molecule has 1 aromatic carbocycles. The van der Waals surface area contributed by atoms with Crippen LogP contribution in [0.25, 0.3) is 11.0 Å². The predicted molar refractivity (Wildman–Crippen MR) is 53.6 cm³/mol. The third-order valence-corrected chi connectivity index (χ3v) is 2.10. The Labute approximate surface area is 77.6 Å². The molecule has 13 heavy (non-hydrogen) atoms. The van der Waals surface area contributed by atoms with Gasteiger partial charge in [-0.25, -0.2) is 0 Å². The molecule has 0 atom stereocenters. The van der Waals surface area contributed by atoms with E-state index in [4.69, 9.17) is 4.42 Å². The van der Waals surface area contributed by atoms with Crippen molar-refractivity contribution in [3.8, 4) is 0 Å². The lowest BCUT2D eigenvalue weighted by molar-refractivity contribution is 0.615. The van der Waals surface area contributed by atoms with Gasteiger partial charge in [-0.2, -0.15) is 0 Å². The molecule has 0 saturated heterocycles. The minimum atomic E-state index is 0.928. The first-order chi connectivity index (χ1) is 6.40. The van der Waals surface area contributed by atoms with Crippen molar-refractivity contribution < 1.29 is 4.42 Å². The molecule has 0 aliphatic heterocycles. The van der Waals surface area contributed by atoms with E-state index in [1.54, 1.807) is 6.26 Å². The molecule has 68 valence electrons. The van der Waals surface area contributed by atoms with Crippen molar-refractivity contribution in [3.05, 3.63) is 36.1 Å². The molecule has 1 aromatic heterocycles. The van der Waals surface area contributed by atoms with Crippen molar-refractivity contribution in [3.63, 3.8) is 0 Å². The van der Waals surface area contributed by atoms with Gasteiger partial charge in [0.1, 0.15) is 5.58 Å². The van der Waals surface area contributed by atoms with Crippen molar-refractivity contribution >= 4 is 11.0 Å². The standard InChI is InChI=1S/C11H13NO/c1-2-12-8-9-3-4-11-10(7-9)5-6-13-11/h3-7,12H,2,8H2,1H3. The molecule has 0 aliphatic carbocycles. The van der Waals surface area contributed by atoms with Gasteiger partial charge in [0, 0.05) is 11.9 Å². The molecule has 0 aliphatic rings. The highest BCUT2D eigenvalue weighted by atomic mass is 16.3. The molecule has 2 nitrogen and oxygen atoms in total. The molecule has 1 N–H and O–H groups in total. The van der Waals surface area contributed by atoms with E-state index in [1.165, 1.54) is 10.9 Å². The first kappa shape index (κ1) is 8.32. The SMILES string of the molecule is CCNCc1ccc2occc2c1. The lowest BCUT2D eigenvalue weighted by Crippen LogP contribution is -2.11. The zero-order valence-corrected chi connectivity index (χ0v) is 7.71. The van der Waals surface area contributed by atoms with Crippen LogP contribution >= 0.6 is 0 Å². The van der Waals surface area contributed by atoms with E-state index in [0.29, 0.717) is 0 Å². The van der Waals surface area contributed by atoms with Crippen molar-refractivity contribution in [2.24, 2.45) is 0 Å². The lowest BCUT2D eigenvalue weighted by atomic mass is 10.1. The Balaban J connectivity index is 2.26.